The van der Waals surface area contributed by atoms with Crippen LogP contribution < -0.4 is 5.32 Å². The van der Waals surface area contributed by atoms with Crippen LogP contribution in [-0.4, -0.2) is 28.1 Å². The molecule has 0 radical (unpaired) electrons. The number of amides is 1. The minimum absolute atomic E-state index is 0.131. The van der Waals surface area contributed by atoms with Crippen LogP contribution in [0.15, 0.2) is 30.3 Å². The van der Waals surface area contributed by atoms with E-state index in [-0.39, 0.29) is 10.7 Å². The molecule has 0 aliphatic carbocycles. The molecule has 1 aliphatic heterocycles. The number of rotatable bonds is 4. The average molecular weight is 265 g/mol. The lowest BCUT2D eigenvalue weighted by Crippen LogP contribution is -2.39. The van der Waals surface area contributed by atoms with E-state index in [0.29, 0.717) is 12.1 Å². The van der Waals surface area contributed by atoms with Gasteiger partial charge in [0.25, 0.3) is 5.91 Å². The molecule has 1 heterocycles. The maximum Gasteiger partial charge on any atom is 0.253 e. The van der Waals surface area contributed by atoms with Crippen LogP contribution in [0.25, 0.3) is 0 Å². The SMILES string of the molecule is CC1(CNC(=O)[C@H](O)c2ccccc2)CCCS1. The Balaban J connectivity index is 1.88. The summed E-state index contributed by atoms with van der Waals surface area (Å²) in [6.07, 6.45) is 1.26. The van der Waals surface area contributed by atoms with E-state index >= 15 is 0 Å². The van der Waals surface area contributed by atoms with E-state index in [9.17, 15) is 9.90 Å². The second kappa shape index (κ2) is 5.76. The molecule has 2 rings (SSSR count). The number of hydrogen-bond donors (Lipinski definition) is 2. The van der Waals surface area contributed by atoms with E-state index in [1.54, 1.807) is 12.1 Å². The van der Waals surface area contributed by atoms with Crippen LogP contribution >= 0.6 is 11.8 Å². The number of aliphatic hydroxyl groups is 1. The summed E-state index contributed by atoms with van der Waals surface area (Å²) >= 11 is 1.90. The molecule has 2 atom stereocenters. The maximum atomic E-state index is 11.9. The largest absolute Gasteiger partial charge is 0.378 e. The van der Waals surface area contributed by atoms with Gasteiger partial charge < -0.3 is 10.4 Å². The van der Waals surface area contributed by atoms with Gasteiger partial charge in [-0.05, 0) is 31.1 Å². The molecule has 18 heavy (non-hydrogen) atoms. The Kier molecular flexibility index (Phi) is 4.30. The monoisotopic (exact) mass is 265 g/mol. The van der Waals surface area contributed by atoms with Crippen LogP contribution in [0.2, 0.25) is 0 Å². The highest BCUT2D eigenvalue weighted by atomic mass is 32.2. The Morgan fingerprint density at radius 2 is 2.22 bits per heavy atom. The molecular formula is C14H19NO2S. The molecule has 1 aliphatic rings. The van der Waals surface area contributed by atoms with Crippen molar-refractivity contribution in [3.8, 4) is 0 Å². The Morgan fingerprint density at radius 3 is 2.83 bits per heavy atom. The number of carbonyl (C=O) groups is 1. The summed E-state index contributed by atoms with van der Waals surface area (Å²) in [5, 5.41) is 12.8. The van der Waals surface area contributed by atoms with E-state index in [1.165, 1.54) is 6.42 Å². The number of aliphatic hydroxyl groups excluding tert-OH is 1. The first-order chi connectivity index (χ1) is 8.61. The van der Waals surface area contributed by atoms with Crippen molar-refractivity contribution in [2.24, 2.45) is 0 Å². The van der Waals surface area contributed by atoms with Crippen molar-refractivity contribution in [3.63, 3.8) is 0 Å². The van der Waals surface area contributed by atoms with Gasteiger partial charge in [-0.2, -0.15) is 11.8 Å². The fraction of sp³-hybridized carbons (Fsp3) is 0.500. The van der Waals surface area contributed by atoms with Gasteiger partial charge in [0.2, 0.25) is 0 Å². The lowest BCUT2D eigenvalue weighted by molar-refractivity contribution is -0.129. The third kappa shape index (κ3) is 3.27. The number of benzene rings is 1. The molecule has 1 aromatic carbocycles. The summed E-state index contributed by atoms with van der Waals surface area (Å²) in [6, 6.07) is 9.02. The molecule has 98 valence electrons. The molecule has 1 aromatic rings. The van der Waals surface area contributed by atoms with Gasteiger partial charge in [-0.15, -0.1) is 0 Å². The summed E-state index contributed by atoms with van der Waals surface area (Å²) < 4.78 is 0.131. The predicted molar refractivity (Wildman–Crippen MR) is 74.5 cm³/mol. The highest BCUT2D eigenvalue weighted by Gasteiger charge is 2.30. The van der Waals surface area contributed by atoms with Gasteiger partial charge in [0, 0.05) is 11.3 Å². The Morgan fingerprint density at radius 1 is 1.50 bits per heavy atom. The highest BCUT2D eigenvalue weighted by molar-refractivity contribution is 8.00. The lowest BCUT2D eigenvalue weighted by Gasteiger charge is -2.23. The van der Waals surface area contributed by atoms with Gasteiger partial charge in [-0.3, -0.25) is 4.79 Å². The zero-order valence-corrected chi connectivity index (χ0v) is 11.4. The zero-order valence-electron chi connectivity index (χ0n) is 10.6. The van der Waals surface area contributed by atoms with Crippen molar-refractivity contribution in [3.05, 3.63) is 35.9 Å². The highest BCUT2D eigenvalue weighted by Crippen LogP contribution is 2.37. The van der Waals surface area contributed by atoms with E-state index in [2.05, 4.69) is 12.2 Å². The van der Waals surface area contributed by atoms with E-state index < -0.39 is 6.10 Å². The third-order valence-corrected chi connectivity index (χ3v) is 4.84. The van der Waals surface area contributed by atoms with Gasteiger partial charge in [-0.1, -0.05) is 30.3 Å². The molecule has 0 spiro atoms. The first-order valence-corrected chi connectivity index (χ1v) is 7.24. The van der Waals surface area contributed by atoms with Gasteiger partial charge >= 0.3 is 0 Å². The minimum atomic E-state index is -1.07. The number of thioether (sulfide) groups is 1. The molecule has 3 nitrogen and oxygen atoms in total. The Labute approximate surface area is 112 Å². The number of nitrogens with one attached hydrogen (secondary N) is 1. The molecule has 0 bridgehead atoms. The molecule has 1 fully saturated rings. The van der Waals surface area contributed by atoms with Crippen molar-refractivity contribution in [2.75, 3.05) is 12.3 Å². The van der Waals surface area contributed by atoms with Crippen molar-refractivity contribution in [1.82, 2.24) is 5.32 Å². The van der Waals surface area contributed by atoms with Gasteiger partial charge in [0.05, 0.1) is 0 Å². The lowest BCUT2D eigenvalue weighted by atomic mass is 10.1. The normalized spacial score (nSPS) is 24.8. The second-order valence-electron chi connectivity index (χ2n) is 4.93. The van der Waals surface area contributed by atoms with Crippen LogP contribution in [0.1, 0.15) is 31.4 Å². The Bertz CT molecular complexity index is 402. The Hall–Kier alpha value is -1.00. The van der Waals surface area contributed by atoms with Gasteiger partial charge in [0.1, 0.15) is 0 Å². The molecular weight excluding hydrogens is 246 g/mol. The topological polar surface area (TPSA) is 49.3 Å². The maximum absolute atomic E-state index is 11.9. The standard InChI is InChI=1S/C14H19NO2S/c1-14(8-5-9-18-14)10-15-13(17)12(16)11-6-3-2-4-7-11/h2-4,6-7,12,16H,5,8-10H2,1H3,(H,15,17)/t12-,14?/m1/s1. The van der Waals surface area contributed by atoms with Crippen LogP contribution in [0.4, 0.5) is 0 Å². The van der Waals surface area contributed by atoms with Crippen molar-refractivity contribution >= 4 is 17.7 Å². The summed E-state index contributed by atoms with van der Waals surface area (Å²) in [7, 11) is 0. The van der Waals surface area contributed by atoms with E-state index in [0.717, 1.165) is 12.2 Å². The molecule has 0 saturated carbocycles. The number of carbonyl (C=O) groups excluding carboxylic acids is 1. The fourth-order valence-corrected chi connectivity index (χ4v) is 3.38. The quantitative estimate of drug-likeness (QED) is 0.876. The van der Waals surface area contributed by atoms with Crippen molar-refractivity contribution in [1.29, 1.82) is 0 Å². The van der Waals surface area contributed by atoms with Crippen molar-refractivity contribution < 1.29 is 9.90 Å². The van der Waals surface area contributed by atoms with Crippen molar-refractivity contribution in [2.45, 2.75) is 30.6 Å². The minimum Gasteiger partial charge on any atom is -0.378 e. The molecule has 1 amide bonds. The first kappa shape index (κ1) is 13.4. The van der Waals surface area contributed by atoms with Gasteiger partial charge in [0.15, 0.2) is 6.10 Å². The van der Waals surface area contributed by atoms with Crippen LogP contribution in [0.5, 0.6) is 0 Å². The summed E-state index contributed by atoms with van der Waals surface area (Å²) in [5.74, 6) is 0.850. The van der Waals surface area contributed by atoms with E-state index in [4.69, 9.17) is 0 Å². The summed E-state index contributed by atoms with van der Waals surface area (Å²) in [4.78, 5) is 11.9. The summed E-state index contributed by atoms with van der Waals surface area (Å²) in [5.41, 5.74) is 0.638. The molecule has 0 aromatic heterocycles. The third-order valence-electron chi connectivity index (χ3n) is 3.30. The van der Waals surface area contributed by atoms with Crippen LogP contribution in [0.3, 0.4) is 0 Å². The molecule has 4 heteroatoms. The van der Waals surface area contributed by atoms with Gasteiger partial charge in [-0.25, -0.2) is 0 Å². The zero-order chi connectivity index (χ0) is 13.0. The second-order valence-corrected chi connectivity index (χ2v) is 6.62. The predicted octanol–water partition coefficient (Wildman–Crippen LogP) is 2.12. The first-order valence-electron chi connectivity index (χ1n) is 6.25. The molecule has 1 unspecified atom stereocenters. The molecule has 2 N–H and O–H groups in total. The summed E-state index contributed by atoms with van der Waals surface area (Å²) in [6.45, 7) is 2.79. The smallest absolute Gasteiger partial charge is 0.253 e. The van der Waals surface area contributed by atoms with E-state index in [1.807, 2.05) is 30.0 Å². The fourth-order valence-electron chi connectivity index (χ4n) is 2.13. The number of hydrogen-bond acceptors (Lipinski definition) is 3. The average Bonchev–Trinajstić information content (AvgIpc) is 2.83. The van der Waals surface area contributed by atoms with Crippen LogP contribution in [0, 0.1) is 0 Å². The molecule has 1 saturated heterocycles. The van der Waals surface area contributed by atoms with Crippen LogP contribution in [-0.2, 0) is 4.79 Å².